The molecule has 0 aliphatic heterocycles. The second-order valence-electron chi connectivity index (χ2n) is 3.67. The molecule has 1 aromatic carbocycles. The average Bonchev–Trinajstić information content (AvgIpc) is 2.38. The predicted molar refractivity (Wildman–Crippen MR) is 64.9 cm³/mol. The molecule has 18 heavy (non-hydrogen) atoms. The van der Waals surface area contributed by atoms with Crippen molar-refractivity contribution in [1.29, 1.82) is 0 Å². The summed E-state index contributed by atoms with van der Waals surface area (Å²) >= 11 is 0. The molecule has 0 saturated heterocycles. The normalized spacial score (nSPS) is 11.1. The van der Waals surface area contributed by atoms with Crippen molar-refractivity contribution < 1.29 is 13.5 Å². The van der Waals surface area contributed by atoms with E-state index in [9.17, 15) is 8.78 Å². The zero-order valence-electron chi connectivity index (χ0n) is 9.64. The van der Waals surface area contributed by atoms with Crippen LogP contribution in [0.2, 0.25) is 0 Å². The summed E-state index contributed by atoms with van der Waals surface area (Å²) in [5.41, 5.74) is 1.61. The molecule has 0 unspecified atom stereocenters. The van der Waals surface area contributed by atoms with Crippen LogP contribution in [0, 0.1) is 0 Å². The van der Waals surface area contributed by atoms with Crippen molar-refractivity contribution in [3.8, 4) is 0 Å². The molecule has 0 amide bonds. The minimum absolute atomic E-state index is 0.223. The molecule has 0 saturated carbocycles. The number of alkyl halides is 2. The molecule has 2 rings (SSSR count). The maximum absolute atomic E-state index is 11.8. The Hall–Kier alpha value is -1.82. The van der Waals surface area contributed by atoms with Crippen molar-refractivity contribution in [3.05, 3.63) is 30.5 Å². The van der Waals surface area contributed by atoms with Crippen LogP contribution in [0.4, 0.5) is 14.5 Å². The van der Waals surface area contributed by atoms with E-state index < -0.39 is 13.0 Å². The highest BCUT2D eigenvalue weighted by atomic mass is 19.3. The molecule has 4 nitrogen and oxygen atoms in total. The van der Waals surface area contributed by atoms with Gasteiger partial charge in [0.2, 0.25) is 0 Å². The maximum atomic E-state index is 11.8. The SMILES string of the molecule is FC(F)COCCNc1cnnc2ccccc12. The van der Waals surface area contributed by atoms with Gasteiger partial charge in [-0.15, -0.1) is 0 Å². The molecule has 2 aromatic rings. The van der Waals surface area contributed by atoms with Crippen LogP contribution >= 0.6 is 0 Å². The number of hydrogen-bond donors (Lipinski definition) is 1. The number of fused-ring (bicyclic) bond motifs is 1. The van der Waals surface area contributed by atoms with Gasteiger partial charge in [0.1, 0.15) is 6.61 Å². The molecule has 0 radical (unpaired) electrons. The molecule has 0 spiro atoms. The second kappa shape index (κ2) is 6.20. The molecule has 96 valence electrons. The van der Waals surface area contributed by atoms with Gasteiger partial charge in [0, 0.05) is 11.9 Å². The van der Waals surface area contributed by atoms with Gasteiger partial charge in [-0.1, -0.05) is 18.2 Å². The number of ether oxygens (including phenoxy) is 1. The standard InChI is InChI=1S/C12H13F2N3O/c13-12(14)8-18-6-5-15-11-7-16-17-10-4-2-1-3-9(10)11/h1-4,7,12H,5-6,8H2,(H,15,17). The smallest absolute Gasteiger partial charge is 0.261 e. The Balaban J connectivity index is 1.91. The van der Waals surface area contributed by atoms with Crippen LogP contribution in [0.25, 0.3) is 10.9 Å². The summed E-state index contributed by atoms with van der Waals surface area (Å²) in [5, 5.41) is 11.9. The summed E-state index contributed by atoms with van der Waals surface area (Å²) in [4.78, 5) is 0. The minimum Gasteiger partial charge on any atom is -0.381 e. The van der Waals surface area contributed by atoms with E-state index >= 15 is 0 Å². The topological polar surface area (TPSA) is 47.0 Å². The van der Waals surface area contributed by atoms with Gasteiger partial charge in [0.25, 0.3) is 6.43 Å². The second-order valence-corrected chi connectivity index (χ2v) is 3.67. The van der Waals surface area contributed by atoms with E-state index in [1.54, 1.807) is 6.20 Å². The average molecular weight is 253 g/mol. The Morgan fingerprint density at radius 3 is 2.94 bits per heavy atom. The Morgan fingerprint density at radius 1 is 1.28 bits per heavy atom. The third-order valence-electron chi connectivity index (χ3n) is 2.35. The van der Waals surface area contributed by atoms with Gasteiger partial charge in [-0.3, -0.25) is 0 Å². The summed E-state index contributed by atoms with van der Waals surface area (Å²) in [5.74, 6) is 0. The Labute approximate surface area is 103 Å². The van der Waals surface area contributed by atoms with E-state index in [0.29, 0.717) is 6.54 Å². The molecule has 0 fully saturated rings. The fraction of sp³-hybridized carbons (Fsp3) is 0.333. The van der Waals surface area contributed by atoms with Crippen molar-refractivity contribution in [2.45, 2.75) is 6.43 Å². The van der Waals surface area contributed by atoms with Crippen LogP contribution in [0.5, 0.6) is 0 Å². The molecular weight excluding hydrogens is 240 g/mol. The van der Waals surface area contributed by atoms with Crippen LogP contribution in [0.15, 0.2) is 30.5 Å². The molecule has 1 N–H and O–H groups in total. The lowest BCUT2D eigenvalue weighted by Crippen LogP contribution is -2.13. The van der Waals surface area contributed by atoms with E-state index in [0.717, 1.165) is 16.6 Å². The van der Waals surface area contributed by atoms with Gasteiger partial charge in [0.05, 0.1) is 24.0 Å². The van der Waals surface area contributed by atoms with Gasteiger partial charge in [-0.25, -0.2) is 8.78 Å². The number of hydrogen-bond acceptors (Lipinski definition) is 4. The molecule has 0 atom stereocenters. The van der Waals surface area contributed by atoms with Crippen LogP contribution in [0.3, 0.4) is 0 Å². The summed E-state index contributed by atoms with van der Waals surface area (Å²) in [6.07, 6.45) is -0.816. The highest BCUT2D eigenvalue weighted by molar-refractivity contribution is 5.90. The van der Waals surface area contributed by atoms with Gasteiger partial charge in [-0.2, -0.15) is 10.2 Å². The lowest BCUT2D eigenvalue weighted by Gasteiger charge is -2.08. The monoisotopic (exact) mass is 253 g/mol. The van der Waals surface area contributed by atoms with E-state index in [1.807, 2.05) is 24.3 Å². The molecule has 1 aromatic heterocycles. The highest BCUT2D eigenvalue weighted by Gasteiger charge is 2.03. The number of aromatic nitrogens is 2. The van der Waals surface area contributed by atoms with Crippen LogP contribution < -0.4 is 5.32 Å². The molecule has 0 aliphatic carbocycles. The highest BCUT2D eigenvalue weighted by Crippen LogP contribution is 2.19. The first-order valence-corrected chi connectivity index (χ1v) is 5.57. The minimum atomic E-state index is -2.42. The van der Waals surface area contributed by atoms with E-state index in [4.69, 9.17) is 4.74 Å². The van der Waals surface area contributed by atoms with Crippen molar-refractivity contribution in [1.82, 2.24) is 10.2 Å². The van der Waals surface area contributed by atoms with Gasteiger partial charge >= 0.3 is 0 Å². The van der Waals surface area contributed by atoms with E-state index in [1.165, 1.54) is 0 Å². The zero-order valence-corrected chi connectivity index (χ0v) is 9.64. The number of nitrogens with zero attached hydrogens (tertiary/aromatic N) is 2. The van der Waals surface area contributed by atoms with Gasteiger partial charge in [-0.05, 0) is 6.07 Å². The summed E-state index contributed by atoms with van der Waals surface area (Å²) < 4.78 is 28.4. The Bertz CT molecular complexity index is 502. The summed E-state index contributed by atoms with van der Waals surface area (Å²) in [6.45, 7) is 0.139. The number of benzene rings is 1. The van der Waals surface area contributed by atoms with Crippen molar-refractivity contribution in [3.63, 3.8) is 0 Å². The Kier molecular flexibility index (Phi) is 4.35. The van der Waals surface area contributed by atoms with Crippen molar-refractivity contribution in [2.24, 2.45) is 0 Å². The lowest BCUT2D eigenvalue weighted by atomic mass is 10.2. The van der Waals surface area contributed by atoms with Gasteiger partial charge < -0.3 is 10.1 Å². The lowest BCUT2D eigenvalue weighted by molar-refractivity contribution is 0.0215. The first kappa shape index (κ1) is 12.6. The number of rotatable bonds is 6. The van der Waals surface area contributed by atoms with E-state index in [2.05, 4.69) is 15.5 Å². The third-order valence-corrected chi connectivity index (χ3v) is 2.35. The van der Waals surface area contributed by atoms with Crippen LogP contribution in [-0.2, 0) is 4.74 Å². The van der Waals surface area contributed by atoms with Crippen LogP contribution in [0.1, 0.15) is 0 Å². The first-order chi connectivity index (χ1) is 8.77. The van der Waals surface area contributed by atoms with Gasteiger partial charge in [0.15, 0.2) is 0 Å². The Morgan fingerprint density at radius 2 is 2.11 bits per heavy atom. The summed E-state index contributed by atoms with van der Waals surface area (Å²) in [7, 11) is 0. The number of nitrogens with one attached hydrogen (secondary N) is 1. The first-order valence-electron chi connectivity index (χ1n) is 5.57. The predicted octanol–water partition coefficient (Wildman–Crippen LogP) is 2.32. The maximum Gasteiger partial charge on any atom is 0.261 e. The quantitative estimate of drug-likeness (QED) is 0.802. The number of anilines is 1. The fourth-order valence-corrected chi connectivity index (χ4v) is 1.58. The summed E-state index contributed by atoms with van der Waals surface area (Å²) in [6, 6.07) is 7.57. The molecule has 0 aliphatic rings. The molecule has 6 heteroatoms. The molecule has 1 heterocycles. The third kappa shape index (κ3) is 3.33. The van der Waals surface area contributed by atoms with E-state index in [-0.39, 0.29) is 6.61 Å². The zero-order chi connectivity index (χ0) is 12.8. The fourth-order valence-electron chi connectivity index (χ4n) is 1.58. The number of halogens is 2. The van der Waals surface area contributed by atoms with Crippen molar-refractivity contribution >= 4 is 16.6 Å². The van der Waals surface area contributed by atoms with Crippen molar-refractivity contribution in [2.75, 3.05) is 25.1 Å². The molecule has 0 bridgehead atoms. The van der Waals surface area contributed by atoms with Crippen LogP contribution in [-0.4, -0.2) is 36.4 Å². The molecular formula is C12H13F2N3O. The largest absolute Gasteiger partial charge is 0.381 e.